The van der Waals surface area contributed by atoms with Crippen molar-refractivity contribution in [1.29, 1.82) is 0 Å². The average Bonchev–Trinajstić information content (AvgIpc) is 3.31. The summed E-state index contributed by atoms with van der Waals surface area (Å²) in [5.41, 5.74) is 2.33. The van der Waals surface area contributed by atoms with E-state index in [-0.39, 0.29) is 16.3 Å². The number of aromatic hydroxyl groups is 1. The van der Waals surface area contributed by atoms with Crippen LogP contribution in [-0.4, -0.2) is 50.7 Å². The Morgan fingerprint density at radius 2 is 2.11 bits per heavy atom. The number of pyridine rings is 1. The molecular weight excluding hydrogens is 469 g/mol. The van der Waals surface area contributed by atoms with E-state index in [1.165, 1.54) is 35.2 Å². The van der Waals surface area contributed by atoms with E-state index in [1.54, 1.807) is 24.4 Å². The lowest BCUT2D eigenvalue weighted by Crippen LogP contribution is -2.35. The van der Waals surface area contributed by atoms with Crippen molar-refractivity contribution < 1.29 is 9.50 Å². The highest BCUT2D eigenvalue weighted by atomic mass is 35.5. The molecule has 9 heteroatoms. The second-order valence-electron chi connectivity index (χ2n) is 8.94. The summed E-state index contributed by atoms with van der Waals surface area (Å²) in [4.78, 5) is 24.8. The van der Waals surface area contributed by atoms with Gasteiger partial charge in [-0.25, -0.2) is 14.4 Å². The number of benzene rings is 2. The van der Waals surface area contributed by atoms with Gasteiger partial charge < -0.3 is 15.3 Å². The molecule has 180 valence electrons. The number of rotatable bonds is 6. The molecule has 5 rings (SSSR count). The van der Waals surface area contributed by atoms with Crippen LogP contribution in [0.15, 0.2) is 59.8 Å². The van der Waals surface area contributed by atoms with E-state index in [9.17, 15) is 14.3 Å². The maximum atomic E-state index is 14.3. The molecule has 1 fully saturated rings. The van der Waals surface area contributed by atoms with Crippen molar-refractivity contribution in [2.45, 2.75) is 25.4 Å². The minimum Gasteiger partial charge on any atom is -0.508 e. The van der Waals surface area contributed by atoms with Crippen LogP contribution in [0.3, 0.4) is 0 Å². The SMILES string of the molecule is CN(Cc1c(-c2cc(F)cc(Cl)c2)cnc2ncn(-c3cccc(O)c3)c(=O)c12)C[C@@H]1CCCN1. The van der Waals surface area contributed by atoms with Gasteiger partial charge in [-0.15, -0.1) is 0 Å². The molecule has 0 aliphatic carbocycles. The molecule has 1 aliphatic heterocycles. The minimum absolute atomic E-state index is 0.0415. The fraction of sp³-hybridized carbons (Fsp3) is 0.269. The summed E-state index contributed by atoms with van der Waals surface area (Å²) in [6.45, 7) is 2.23. The third kappa shape index (κ3) is 4.91. The monoisotopic (exact) mass is 493 g/mol. The Bertz CT molecular complexity index is 1430. The molecule has 1 saturated heterocycles. The Kier molecular flexibility index (Phi) is 6.51. The topological polar surface area (TPSA) is 83.3 Å². The maximum absolute atomic E-state index is 14.3. The third-order valence-corrected chi connectivity index (χ3v) is 6.52. The summed E-state index contributed by atoms with van der Waals surface area (Å²) in [5, 5.41) is 14.0. The lowest BCUT2D eigenvalue weighted by molar-refractivity contribution is 0.294. The zero-order valence-corrected chi connectivity index (χ0v) is 20.0. The van der Waals surface area contributed by atoms with E-state index >= 15 is 0 Å². The molecule has 0 radical (unpaired) electrons. The van der Waals surface area contributed by atoms with Crippen LogP contribution in [-0.2, 0) is 6.54 Å². The summed E-state index contributed by atoms with van der Waals surface area (Å²) < 4.78 is 15.7. The molecule has 2 aromatic carbocycles. The Hall–Kier alpha value is -3.33. The first-order chi connectivity index (χ1) is 16.9. The second kappa shape index (κ2) is 9.73. The summed E-state index contributed by atoms with van der Waals surface area (Å²) in [6, 6.07) is 11.1. The van der Waals surface area contributed by atoms with E-state index in [0.717, 1.165) is 25.9 Å². The van der Waals surface area contributed by atoms with E-state index in [4.69, 9.17) is 11.6 Å². The van der Waals surface area contributed by atoms with Crippen molar-refractivity contribution in [1.82, 2.24) is 24.8 Å². The van der Waals surface area contributed by atoms with Gasteiger partial charge in [0.1, 0.15) is 17.9 Å². The van der Waals surface area contributed by atoms with Crippen molar-refractivity contribution in [3.05, 3.63) is 81.7 Å². The molecule has 0 spiro atoms. The molecule has 1 aliphatic rings. The normalized spacial score (nSPS) is 15.8. The second-order valence-corrected chi connectivity index (χ2v) is 9.37. The van der Waals surface area contributed by atoms with Crippen molar-refractivity contribution >= 4 is 22.6 Å². The fourth-order valence-electron chi connectivity index (χ4n) is 4.72. The highest BCUT2D eigenvalue weighted by molar-refractivity contribution is 6.30. The van der Waals surface area contributed by atoms with Gasteiger partial charge >= 0.3 is 0 Å². The van der Waals surface area contributed by atoms with Crippen LogP contribution in [0.1, 0.15) is 18.4 Å². The van der Waals surface area contributed by atoms with Crippen LogP contribution < -0.4 is 10.9 Å². The van der Waals surface area contributed by atoms with Gasteiger partial charge in [-0.05, 0) is 67.9 Å². The van der Waals surface area contributed by atoms with Crippen molar-refractivity contribution in [3.63, 3.8) is 0 Å². The smallest absolute Gasteiger partial charge is 0.267 e. The number of halogens is 2. The number of fused-ring (bicyclic) bond motifs is 1. The number of hydrogen-bond acceptors (Lipinski definition) is 6. The van der Waals surface area contributed by atoms with Gasteiger partial charge in [-0.2, -0.15) is 0 Å². The van der Waals surface area contributed by atoms with Gasteiger partial charge in [0.05, 0.1) is 11.1 Å². The molecule has 1 atom stereocenters. The lowest BCUT2D eigenvalue weighted by Gasteiger charge is -2.23. The minimum atomic E-state index is -0.467. The molecule has 0 bridgehead atoms. The van der Waals surface area contributed by atoms with Crippen molar-refractivity contribution in [2.24, 2.45) is 0 Å². The summed E-state index contributed by atoms with van der Waals surface area (Å²) in [7, 11) is 2.00. The maximum Gasteiger partial charge on any atom is 0.267 e. The van der Waals surface area contributed by atoms with Crippen LogP contribution >= 0.6 is 11.6 Å². The van der Waals surface area contributed by atoms with Crippen molar-refractivity contribution in [2.75, 3.05) is 20.1 Å². The van der Waals surface area contributed by atoms with Gasteiger partial charge in [-0.3, -0.25) is 9.36 Å². The molecule has 0 unspecified atom stereocenters. The number of aromatic nitrogens is 3. The predicted molar refractivity (Wildman–Crippen MR) is 135 cm³/mol. The first-order valence-electron chi connectivity index (χ1n) is 11.5. The Morgan fingerprint density at radius 1 is 1.26 bits per heavy atom. The number of hydrogen-bond donors (Lipinski definition) is 2. The van der Waals surface area contributed by atoms with Crippen LogP contribution in [0, 0.1) is 5.82 Å². The van der Waals surface area contributed by atoms with Gasteiger partial charge in [0.2, 0.25) is 0 Å². The van der Waals surface area contributed by atoms with E-state index < -0.39 is 5.82 Å². The Morgan fingerprint density at radius 3 is 2.86 bits per heavy atom. The van der Waals surface area contributed by atoms with Crippen LogP contribution in [0.5, 0.6) is 5.75 Å². The highest BCUT2D eigenvalue weighted by Gasteiger charge is 2.21. The zero-order valence-electron chi connectivity index (χ0n) is 19.2. The van der Waals surface area contributed by atoms with E-state index in [1.807, 2.05) is 7.05 Å². The zero-order chi connectivity index (χ0) is 24.5. The van der Waals surface area contributed by atoms with E-state index in [0.29, 0.717) is 46.0 Å². The number of nitrogens with zero attached hydrogens (tertiary/aromatic N) is 4. The average molecular weight is 494 g/mol. The summed E-state index contributed by atoms with van der Waals surface area (Å²) >= 11 is 6.16. The summed E-state index contributed by atoms with van der Waals surface area (Å²) in [6.07, 6.45) is 5.26. The highest BCUT2D eigenvalue weighted by Crippen LogP contribution is 2.31. The van der Waals surface area contributed by atoms with Crippen LogP contribution in [0.2, 0.25) is 5.02 Å². The molecule has 0 amide bonds. The molecular formula is C26H25ClFN5O2. The number of nitrogens with one attached hydrogen (secondary N) is 1. The molecule has 4 aromatic rings. The molecule has 2 aromatic heterocycles. The molecule has 2 N–H and O–H groups in total. The number of phenolic OH excluding ortho intramolecular Hbond substituents is 1. The molecule has 7 nitrogen and oxygen atoms in total. The Labute approximate surface area is 206 Å². The van der Waals surface area contributed by atoms with Crippen molar-refractivity contribution in [3.8, 4) is 22.6 Å². The van der Waals surface area contributed by atoms with Gasteiger partial charge in [0, 0.05) is 42.0 Å². The number of likely N-dealkylation sites (N-methyl/N-ethyl adjacent to an activating group) is 1. The summed E-state index contributed by atoms with van der Waals surface area (Å²) in [5.74, 6) is -0.426. The quantitative estimate of drug-likeness (QED) is 0.420. The van der Waals surface area contributed by atoms with Crippen LogP contribution in [0.25, 0.3) is 27.8 Å². The van der Waals surface area contributed by atoms with Crippen LogP contribution in [0.4, 0.5) is 4.39 Å². The van der Waals surface area contributed by atoms with Gasteiger partial charge in [0.15, 0.2) is 5.65 Å². The van der Waals surface area contributed by atoms with Gasteiger partial charge in [-0.1, -0.05) is 17.7 Å². The standard InChI is InChI=1S/C26H25ClFN5O2/c1-32(13-19-4-3-7-29-19)14-23-22(16-8-17(27)10-18(28)9-16)12-30-25-24(23)26(35)33(15-31-25)20-5-2-6-21(34)11-20/h2,5-6,8-12,15,19,29,34H,3-4,7,13-14H2,1H3/t19-/m0/s1. The predicted octanol–water partition coefficient (Wildman–Crippen LogP) is 4.13. The van der Waals surface area contributed by atoms with Gasteiger partial charge in [0.25, 0.3) is 5.56 Å². The lowest BCUT2D eigenvalue weighted by atomic mass is 9.98. The largest absolute Gasteiger partial charge is 0.508 e. The molecule has 0 saturated carbocycles. The molecule has 3 heterocycles. The first kappa shape index (κ1) is 23.4. The van der Waals surface area contributed by atoms with E-state index in [2.05, 4.69) is 20.2 Å². The first-order valence-corrected chi connectivity index (χ1v) is 11.8. The fourth-order valence-corrected chi connectivity index (χ4v) is 4.94. The third-order valence-electron chi connectivity index (χ3n) is 6.30. The number of phenols is 1. The Balaban J connectivity index is 1.70. The molecule has 35 heavy (non-hydrogen) atoms.